The Morgan fingerprint density at radius 3 is 2.73 bits per heavy atom. The Morgan fingerprint density at radius 1 is 1.40 bits per heavy atom. The maximum Gasteiger partial charge on any atom is 0.121 e. The van der Waals surface area contributed by atoms with Gasteiger partial charge in [-0.25, -0.2) is 0 Å². The molecule has 0 spiro atoms. The minimum absolute atomic E-state index is 0.479. The van der Waals surface area contributed by atoms with Gasteiger partial charge in [0.15, 0.2) is 0 Å². The smallest absolute Gasteiger partial charge is 0.121 e. The molecule has 2 rings (SSSR count). The van der Waals surface area contributed by atoms with E-state index < -0.39 is 0 Å². The fraction of sp³-hybridized carbons (Fsp3) is 0.727. The lowest BCUT2D eigenvalue weighted by Crippen LogP contribution is -2.38. The van der Waals surface area contributed by atoms with Crippen molar-refractivity contribution in [3.05, 3.63) is 10.8 Å². The predicted octanol–water partition coefficient (Wildman–Crippen LogP) is 2.52. The first-order valence-corrected chi connectivity index (χ1v) is 6.27. The molecule has 0 atom stereocenters. The van der Waals surface area contributed by atoms with Crippen molar-refractivity contribution in [3.63, 3.8) is 0 Å². The van der Waals surface area contributed by atoms with Crippen LogP contribution in [0.1, 0.15) is 25.7 Å². The standard InChI is InChI=1S/C11H17BrN2O/c1-15-10-4-2-9(3-5-10)14-7-6-13-11(12)8-14/h6,8-10H,2-5,7H2,1H3. The van der Waals surface area contributed by atoms with E-state index in [4.69, 9.17) is 4.74 Å². The predicted molar refractivity (Wildman–Crippen MR) is 65.3 cm³/mol. The molecular formula is C11H17BrN2O. The number of aliphatic imine (C=N–C) groups is 1. The lowest BCUT2D eigenvalue weighted by atomic mass is 9.92. The molecule has 1 aliphatic carbocycles. The zero-order valence-electron chi connectivity index (χ0n) is 9.03. The first-order valence-electron chi connectivity index (χ1n) is 5.48. The second-order valence-corrected chi connectivity index (χ2v) is 4.94. The van der Waals surface area contributed by atoms with Gasteiger partial charge in [-0.05, 0) is 41.6 Å². The molecule has 0 saturated heterocycles. The largest absolute Gasteiger partial charge is 0.381 e. The second kappa shape index (κ2) is 5.12. The normalized spacial score (nSPS) is 31.6. The Kier molecular flexibility index (Phi) is 3.81. The van der Waals surface area contributed by atoms with Gasteiger partial charge in [0.05, 0.1) is 12.6 Å². The maximum atomic E-state index is 5.38. The van der Waals surface area contributed by atoms with E-state index in [1.54, 1.807) is 0 Å². The summed E-state index contributed by atoms with van der Waals surface area (Å²) in [5.41, 5.74) is 0. The third-order valence-electron chi connectivity index (χ3n) is 3.23. The van der Waals surface area contributed by atoms with Gasteiger partial charge in [0, 0.05) is 25.6 Å². The molecule has 0 aromatic rings. The molecule has 84 valence electrons. The summed E-state index contributed by atoms with van der Waals surface area (Å²) >= 11 is 3.42. The van der Waals surface area contributed by atoms with Crippen molar-refractivity contribution in [3.8, 4) is 0 Å². The van der Waals surface area contributed by atoms with Crippen LogP contribution in [0.4, 0.5) is 0 Å². The SMILES string of the molecule is COC1CCC(N2C=C(Br)N=CC2)CC1. The molecular weight excluding hydrogens is 256 g/mol. The maximum absolute atomic E-state index is 5.38. The molecule has 0 aromatic heterocycles. The molecule has 3 nitrogen and oxygen atoms in total. The summed E-state index contributed by atoms with van der Waals surface area (Å²) in [6, 6.07) is 0.663. The van der Waals surface area contributed by atoms with Crippen LogP contribution in [0.5, 0.6) is 0 Å². The Labute approximate surface area is 99.3 Å². The first kappa shape index (κ1) is 11.1. The number of halogens is 1. The molecule has 0 unspecified atom stereocenters. The van der Waals surface area contributed by atoms with Crippen LogP contribution in [0.25, 0.3) is 0 Å². The van der Waals surface area contributed by atoms with E-state index in [0.29, 0.717) is 12.1 Å². The molecule has 1 fully saturated rings. The van der Waals surface area contributed by atoms with Gasteiger partial charge in [-0.3, -0.25) is 4.99 Å². The summed E-state index contributed by atoms with van der Waals surface area (Å²) < 4.78 is 6.31. The highest BCUT2D eigenvalue weighted by Crippen LogP contribution is 2.26. The van der Waals surface area contributed by atoms with Gasteiger partial charge in [-0.2, -0.15) is 0 Å². The fourth-order valence-corrected chi connectivity index (χ4v) is 2.72. The lowest BCUT2D eigenvalue weighted by Gasteiger charge is -2.36. The van der Waals surface area contributed by atoms with Crippen LogP contribution < -0.4 is 0 Å². The molecule has 2 aliphatic rings. The highest BCUT2D eigenvalue weighted by atomic mass is 79.9. The van der Waals surface area contributed by atoms with Crippen molar-refractivity contribution in [1.29, 1.82) is 0 Å². The van der Waals surface area contributed by atoms with Crippen molar-refractivity contribution in [2.75, 3.05) is 13.7 Å². The number of nitrogens with zero attached hydrogens (tertiary/aromatic N) is 2. The average molecular weight is 273 g/mol. The van der Waals surface area contributed by atoms with Crippen LogP contribution in [0, 0.1) is 0 Å². The number of methoxy groups -OCH3 is 1. The van der Waals surface area contributed by atoms with Gasteiger partial charge in [0.1, 0.15) is 4.61 Å². The van der Waals surface area contributed by atoms with Gasteiger partial charge >= 0.3 is 0 Å². The molecule has 0 aromatic carbocycles. The minimum atomic E-state index is 0.479. The van der Waals surface area contributed by atoms with E-state index in [1.807, 2.05) is 13.3 Å². The molecule has 1 aliphatic heterocycles. The van der Waals surface area contributed by atoms with Crippen molar-refractivity contribution in [1.82, 2.24) is 4.90 Å². The molecule has 4 heteroatoms. The third-order valence-corrected chi connectivity index (χ3v) is 3.64. The second-order valence-electron chi connectivity index (χ2n) is 4.13. The van der Waals surface area contributed by atoms with E-state index in [-0.39, 0.29) is 0 Å². The van der Waals surface area contributed by atoms with Crippen molar-refractivity contribution < 1.29 is 4.74 Å². The zero-order chi connectivity index (χ0) is 10.7. The van der Waals surface area contributed by atoms with Gasteiger partial charge < -0.3 is 9.64 Å². The zero-order valence-corrected chi connectivity index (χ0v) is 10.6. The summed E-state index contributed by atoms with van der Waals surface area (Å²) in [7, 11) is 1.81. The number of rotatable bonds is 2. The minimum Gasteiger partial charge on any atom is -0.381 e. The van der Waals surface area contributed by atoms with Gasteiger partial charge in [0.2, 0.25) is 0 Å². The Hall–Kier alpha value is -0.350. The van der Waals surface area contributed by atoms with E-state index in [0.717, 1.165) is 11.2 Å². The van der Waals surface area contributed by atoms with Crippen LogP contribution in [0.3, 0.4) is 0 Å². The number of hydrogen-bond donors (Lipinski definition) is 0. The van der Waals surface area contributed by atoms with Gasteiger partial charge in [-0.1, -0.05) is 0 Å². The molecule has 0 bridgehead atoms. The van der Waals surface area contributed by atoms with Crippen molar-refractivity contribution >= 4 is 22.1 Å². The summed E-state index contributed by atoms with van der Waals surface area (Å²) in [6.07, 6.45) is 9.36. The Bertz CT molecular complexity index is 270. The molecule has 0 radical (unpaired) electrons. The fourth-order valence-electron chi connectivity index (χ4n) is 2.31. The number of hydrogen-bond acceptors (Lipinski definition) is 3. The van der Waals surface area contributed by atoms with Gasteiger partial charge in [0.25, 0.3) is 0 Å². The van der Waals surface area contributed by atoms with Crippen molar-refractivity contribution in [2.45, 2.75) is 37.8 Å². The van der Waals surface area contributed by atoms with E-state index in [9.17, 15) is 0 Å². The van der Waals surface area contributed by atoms with Crippen LogP contribution in [0.15, 0.2) is 15.8 Å². The average Bonchev–Trinajstić information content (AvgIpc) is 2.29. The van der Waals surface area contributed by atoms with Crippen LogP contribution in [0.2, 0.25) is 0 Å². The summed E-state index contributed by atoms with van der Waals surface area (Å²) in [4.78, 5) is 6.57. The van der Waals surface area contributed by atoms with Crippen LogP contribution >= 0.6 is 15.9 Å². The topological polar surface area (TPSA) is 24.8 Å². The summed E-state index contributed by atoms with van der Waals surface area (Å²) in [5.74, 6) is 0. The monoisotopic (exact) mass is 272 g/mol. The van der Waals surface area contributed by atoms with Crippen LogP contribution in [-0.4, -0.2) is 36.9 Å². The Balaban J connectivity index is 1.88. The lowest BCUT2D eigenvalue weighted by molar-refractivity contribution is 0.0500. The quantitative estimate of drug-likeness (QED) is 0.722. The van der Waals surface area contributed by atoms with E-state index >= 15 is 0 Å². The van der Waals surface area contributed by atoms with Gasteiger partial charge in [-0.15, -0.1) is 0 Å². The Morgan fingerprint density at radius 2 is 2.13 bits per heavy atom. The van der Waals surface area contributed by atoms with Crippen molar-refractivity contribution in [2.24, 2.45) is 4.99 Å². The molecule has 15 heavy (non-hydrogen) atoms. The molecule has 1 heterocycles. The summed E-state index contributed by atoms with van der Waals surface area (Å²) in [6.45, 7) is 0.942. The number of ether oxygens (including phenoxy) is 1. The molecule has 1 saturated carbocycles. The van der Waals surface area contributed by atoms with Crippen LogP contribution in [-0.2, 0) is 4.74 Å². The third kappa shape index (κ3) is 2.82. The highest BCUT2D eigenvalue weighted by Gasteiger charge is 2.24. The first-order chi connectivity index (χ1) is 7.29. The molecule has 0 N–H and O–H groups in total. The molecule has 0 amide bonds. The highest BCUT2D eigenvalue weighted by molar-refractivity contribution is 9.11. The van der Waals surface area contributed by atoms with E-state index in [2.05, 4.69) is 32.0 Å². The van der Waals surface area contributed by atoms with E-state index in [1.165, 1.54) is 25.7 Å². The summed E-state index contributed by atoms with van der Waals surface area (Å²) in [5, 5.41) is 0.